The number of rotatable bonds is 1. The molecule has 1 aliphatic rings. The van der Waals surface area contributed by atoms with Crippen LogP contribution in [0.2, 0.25) is 0 Å². The average Bonchev–Trinajstić information content (AvgIpc) is 1.78. The van der Waals surface area contributed by atoms with Crippen LogP contribution in [0.5, 0.6) is 0 Å². The summed E-state index contributed by atoms with van der Waals surface area (Å²) in [4.78, 5) is 21.7. The third kappa shape index (κ3) is 1.87. The van der Waals surface area contributed by atoms with Crippen LogP contribution in [0, 0.1) is 21.4 Å². The second kappa shape index (κ2) is 3.09. The summed E-state index contributed by atoms with van der Waals surface area (Å²) in [6.45, 7) is 5.57. The van der Waals surface area contributed by atoms with Crippen LogP contribution < -0.4 is 0 Å². The number of ketones is 1. The van der Waals surface area contributed by atoms with Crippen molar-refractivity contribution in [3.05, 3.63) is 10.1 Å². The Hall–Kier alpha value is -0.930. The zero-order valence-electron chi connectivity index (χ0n) is 8.24. The van der Waals surface area contributed by atoms with Crippen LogP contribution in [-0.4, -0.2) is 16.7 Å². The molecule has 0 radical (unpaired) electrons. The minimum absolute atomic E-state index is 0.214. The Morgan fingerprint density at radius 3 is 2.46 bits per heavy atom. The highest BCUT2D eigenvalue weighted by Gasteiger charge is 2.49. The van der Waals surface area contributed by atoms with Crippen LogP contribution in [-0.2, 0) is 4.79 Å². The third-order valence-electron chi connectivity index (χ3n) is 2.68. The number of nitrogens with zero attached hydrogens (tertiary/aromatic N) is 1. The summed E-state index contributed by atoms with van der Waals surface area (Å²) in [7, 11) is 0. The van der Waals surface area contributed by atoms with Crippen molar-refractivity contribution in [3.63, 3.8) is 0 Å². The van der Waals surface area contributed by atoms with Crippen LogP contribution in [0.1, 0.15) is 33.6 Å². The summed E-state index contributed by atoms with van der Waals surface area (Å²) in [5.74, 6) is 0.0625. The fourth-order valence-electron chi connectivity index (χ4n) is 2.38. The van der Waals surface area contributed by atoms with Crippen LogP contribution in [0.25, 0.3) is 0 Å². The molecule has 74 valence electrons. The lowest BCUT2D eigenvalue weighted by atomic mass is 9.69. The van der Waals surface area contributed by atoms with Gasteiger partial charge in [0.1, 0.15) is 0 Å². The molecular weight excluding hydrogens is 170 g/mol. The minimum Gasteiger partial charge on any atom is -0.292 e. The molecule has 0 aromatic heterocycles. The van der Waals surface area contributed by atoms with E-state index in [2.05, 4.69) is 0 Å². The average molecular weight is 185 g/mol. The molecule has 1 fully saturated rings. The molecule has 2 atom stereocenters. The Labute approximate surface area is 77.5 Å². The molecule has 0 aliphatic heterocycles. The molecule has 13 heavy (non-hydrogen) atoms. The first-order chi connectivity index (χ1) is 5.84. The van der Waals surface area contributed by atoms with Crippen LogP contribution in [0.4, 0.5) is 0 Å². The highest BCUT2D eigenvalue weighted by Crippen LogP contribution is 2.38. The van der Waals surface area contributed by atoms with E-state index in [9.17, 15) is 14.9 Å². The molecule has 0 spiro atoms. The van der Waals surface area contributed by atoms with Gasteiger partial charge in [0.2, 0.25) is 5.78 Å². The van der Waals surface area contributed by atoms with E-state index >= 15 is 0 Å². The van der Waals surface area contributed by atoms with Crippen molar-refractivity contribution < 1.29 is 9.72 Å². The standard InChI is InChI=1S/C9H15NO3/c1-6-4-7(11)8(10(12)13)9(2,3)5-6/h6,8H,4-5H2,1-3H3/t6-,8+/m0/s1. The van der Waals surface area contributed by atoms with Gasteiger partial charge < -0.3 is 0 Å². The number of carbonyl (C=O) groups excluding carboxylic acids is 1. The first-order valence-electron chi connectivity index (χ1n) is 4.51. The van der Waals surface area contributed by atoms with Gasteiger partial charge >= 0.3 is 0 Å². The summed E-state index contributed by atoms with van der Waals surface area (Å²) < 4.78 is 0. The molecule has 0 saturated heterocycles. The SMILES string of the molecule is C[C@H]1CC(=O)[C@@H]([N+](=O)[O-])C(C)(C)C1. The second-order valence-electron chi connectivity index (χ2n) is 4.66. The van der Waals surface area contributed by atoms with Crippen LogP contribution in [0.3, 0.4) is 0 Å². The van der Waals surface area contributed by atoms with Crippen molar-refractivity contribution in [2.24, 2.45) is 11.3 Å². The van der Waals surface area contributed by atoms with E-state index in [1.54, 1.807) is 13.8 Å². The van der Waals surface area contributed by atoms with E-state index in [-0.39, 0.29) is 11.7 Å². The van der Waals surface area contributed by atoms with Crippen molar-refractivity contribution in [3.8, 4) is 0 Å². The molecule has 0 bridgehead atoms. The monoisotopic (exact) mass is 185 g/mol. The zero-order chi connectivity index (χ0) is 10.2. The van der Waals surface area contributed by atoms with Gasteiger partial charge in [0.25, 0.3) is 6.04 Å². The van der Waals surface area contributed by atoms with E-state index in [0.29, 0.717) is 6.42 Å². The second-order valence-corrected chi connectivity index (χ2v) is 4.66. The van der Waals surface area contributed by atoms with E-state index < -0.39 is 16.4 Å². The smallest absolute Gasteiger partial charge is 0.275 e. The van der Waals surface area contributed by atoms with E-state index in [0.717, 1.165) is 6.42 Å². The lowest BCUT2D eigenvalue weighted by molar-refractivity contribution is -0.527. The maximum absolute atomic E-state index is 11.4. The highest BCUT2D eigenvalue weighted by atomic mass is 16.6. The van der Waals surface area contributed by atoms with E-state index in [1.165, 1.54) is 0 Å². The Bertz CT molecular complexity index is 247. The fraction of sp³-hybridized carbons (Fsp3) is 0.889. The van der Waals surface area contributed by atoms with Gasteiger partial charge in [-0.15, -0.1) is 0 Å². The zero-order valence-corrected chi connectivity index (χ0v) is 8.24. The molecule has 0 amide bonds. The molecule has 4 heteroatoms. The Kier molecular flexibility index (Phi) is 2.41. The normalized spacial score (nSPS) is 33.0. The van der Waals surface area contributed by atoms with Gasteiger partial charge in [-0.1, -0.05) is 20.8 Å². The molecule has 0 heterocycles. The van der Waals surface area contributed by atoms with Gasteiger partial charge in [-0.25, -0.2) is 0 Å². The quantitative estimate of drug-likeness (QED) is 0.461. The highest BCUT2D eigenvalue weighted by molar-refractivity contribution is 5.84. The summed E-state index contributed by atoms with van der Waals surface area (Å²) in [6.07, 6.45) is 1.11. The van der Waals surface area contributed by atoms with Crippen molar-refractivity contribution in [1.29, 1.82) is 0 Å². The van der Waals surface area contributed by atoms with Crippen molar-refractivity contribution in [2.75, 3.05) is 0 Å². The molecule has 1 aliphatic carbocycles. The van der Waals surface area contributed by atoms with Gasteiger partial charge in [0.15, 0.2) is 0 Å². The summed E-state index contributed by atoms with van der Waals surface area (Å²) in [5.41, 5.74) is -0.488. The first kappa shape index (κ1) is 10.2. The summed E-state index contributed by atoms with van der Waals surface area (Å²) >= 11 is 0. The molecule has 1 saturated carbocycles. The number of Topliss-reactive ketones (excluding diaryl/α,β-unsaturated/α-hetero) is 1. The lowest BCUT2D eigenvalue weighted by Gasteiger charge is -2.34. The van der Waals surface area contributed by atoms with Crippen molar-refractivity contribution in [1.82, 2.24) is 0 Å². The Morgan fingerprint density at radius 2 is 2.08 bits per heavy atom. The predicted molar refractivity (Wildman–Crippen MR) is 48.0 cm³/mol. The number of hydrogen-bond acceptors (Lipinski definition) is 3. The number of carbonyl (C=O) groups is 1. The largest absolute Gasteiger partial charge is 0.292 e. The van der Waals surface area contributed by atoms with Crippen LogP contribution >= 0.6 is 0 Å². The van der Waals surface area contributed by atoms with Gasteiger partial charge in [-0.2, -0.15) is 0 Å². The summed E-state index contributed by atoms with van der Waals surface area (Å²) in [6, 6.07) is -0.997. The van der Waals surface area contributed by atoms with Crippen LogP contribution in [0.15, 0.2) is 0 Å². The van der Waals surface area contributed by atoms with Gasteiger partial charge in [0.05, 0.1) is 0 Å². The van der Waals surface area contributed by atoms with Crippen molar-refractivity contribution in [2.45, 2.75) is 39.7 Å². The summed E-state index contributed by atoms with van der Waals surface area (Å²) in [5, 5.41) is 10.7. The van der Waals surface area contributed by atoms with Gasteiger partial charge in [-0.05, 0) is 12.3 Å². The van der Waals surface area contributed by atoms with E-state index in [1.807, 2.05) is 6.92 Å². The number of nitro groups is 1. The lowest BCUT2D eigenvalue weighted by Crippen LogP contribution is -2.47. The molecule has 1 rings (SSSR count). The molecular formula is C9H15NO3. The van der Waals surface area contributed by atoms with Gasteiger partial charge in [-0.3, -0.25) is 14.9 Å². The minimum atomic E-state index is -0.997. The third-order valence-corrected chi connectivity index (χ3v) is 2.68. The molecule has 0 aromatic carbocycles. The van der Waals surface area contributed by atoms with E-state index in [4.69, 9.17) is 0 Å². The Morgan fingerprint density at radius 1 is 1.54 bits per heavy atom. The molecule has 0 N–H and O–H groups in total. The topological polar surface area (TPSA) is 60.2 Å². The fourth-order valence-corrected chi connectivity index (χ4v) is 2.38. The molecule has 4 nitrogen and oxygen atoms in total. The maximum atomic E-state index is 11.4. The maximum Gasteiger partial charge on any atom is 0.275 e. The molecule has 0 aromatic rings. The van der Waals surface area contributed by atoms with Gasteiger partial charge in [0, 0.05) is 16.8 Å². The predicted octanol–water partition coefficient (Wildman–Crippen LogP) is 1.66. The molecule has 0 unspecified atom stereocenters. The van der Waals surface area contributed by atoms with Crippen molar-refractivity contribution >= 4 is 5.78 Å². The number of hydrogen-bond donors (Lipinski definition) is 0. The first-order valence-corrected chi connectivity index (χ1v) is 4.51. The Balaban J connectivity index is 2.92.